The second kappa shape index (κ2) is 9.32. The van der Waals surface area contributed by atoms with E-state index in [-0.39, 0.29) is 24.7 Å². The minimum Gasteiger partial charge on any atom is -0.497 e. The lowest BCUT2D eigenvalue weighted by atomic mass is 10.1. The van der Waals surface area contributed by atoms with Crippen molar-refractivity contribution in [1.82, 2.24) is 15.2 Å². The third-order valence-electron chi connectivity index (χ3n) is 5.45. The van der Waals surface area contributed by atoms with E-state index < -0.39 is 12.1 Å². The molecular formula is C23H23ClN4O4. The third kappa shape index (κ3) is 4.40. The van der Waals surface area contributed by atoms with Crippen LogP contribution in [0.5, 0.6) is 5.75 Å². The maximum absolute atomic E-state index is 12.7. The summed E-state index contributed by atoms with van der Waals surface area (Å²) in [5.74, 6) is 0.0816. The highest BCUT2D eigenvalue weighted by Gasteiger charge is 2.38. The molecule has 1 aromatic heterocycles. The Kier molecular flexibility index (Phi) is 6.32. The average molecular weight is 455 g/mol. The first-order valence-corrected chi connectivity index (χ1v) is 10.6. The molecule has 2 N–H and O–H groups in total. The lowest BCUT2D eigenvalue weighted by molar-refractivity contribution is -0.121. The molecule has 4 amide bonds. The van der Waals surface area contributed by atoms with E-state index in [9.17, 15) is 14.4 Å². The van der Waals surface area contributed by atoms with Crippen molar-refractivity contribution >= 4 is 46.0 Å². The number of benzene rings is 2. The topological polar surface area (TPSA) is 92.7 Å². The highest BCUT2D eigenvalue weighted by atomic mass is 35.5. The molecule has 8 nitrogen and oxygen atoms in total. The van der Waals surface area contributed by atoms with Gasteiger partial charge in [-0.15, -0.1) is 0 Å². The van der Waals surface area contributed by atoms with Crippen LogP contribution < -0.4 is 20.3 Å². The van der Waals surface area contributed by atoms with Crippen molar-refractivity contribution in [3.63, 3.8) is 0 Å². The number of hydrogen-bond donors (Lipinski definition) is 2. The van der Waals surface area contributed by atoms with Crippen molar-refractivity contribution in [3.8, 4) is 5.75 Å². The molecular weight excluding hydrogens is 432 g/mol. The first kappa shape index (κ1) is 21.7. The Morgan fingerprint density at radius 3 is 2.69 bits per heavy atom. The maximum Gasteiger partial charge on any atom is 0.329 e. The number of carbonyl (C=O) groups is 3. The van der Waals surface area contributed by atoms with Crippen LogP contribution in [0.4, 0.5) is 10.5 Å². The summed E-state index contributed by atoms with van der Waals surface area (Å²) < 4.78 is 7.12. The number of rotatable bonds is 8. The Balaban J connectivity index is 1.27. The van der Waals surface area contributed by atoms with Gasteiger partial charge in [0.2, 0.25) is 5.91 Å². The van der Waals surface area contributed by atoms with Gasteiger partial charge in [0.25, 0.3) is 5.91 Å². The van der Waals surface area contributed by atoms with Crippen LogP contribution in [0.1, 0.15) is 12.8 Å². The molecule has 9 heteroatoms. The fourth-order valence-electron chi connectivity index (χ4n) is 3.76. The summed E-state index contributed by atoms with van der Waals surface area (Å²) in [6, 6.07) is 13.1. The Morgan fingerprint density at radius 2 is 1.94 bits per heavy atom. The molecule has 1 fully saturated rings. The van der Waals surface area contributed by atoms with Crippen molar-refractivity contribution in [3.05, 3.63) is 59.8 Å². The number of urea groups is 1. The van der Waals surface area contributed by atoms with E-state index in [0.29, 0.717) is 29.5 Å². The molecule has 4 rings (SSSR count). The number of methoxy groups -OCH3 is 1. The van der Waals surface area contributed by atoms with Crippen molar-refractivity contribution in [1.29, 1.82) is 0 Å². The highest BCUT2D eigenvalue weighted by molar-refractivity contribution is 6.35. The van der Waals surface area contributed by atoms with Gasteiger partial charge in [-0.1, -0.05) is 17.7 Å². The van der Waals surface area contributed by atoms with Gasteiger partial charge < -0.3 is 19.9 Å². The van der Waals surface area contributed by atoms with Crippen LogP contribution in [0.15, 0.2) is 54.7 Å². The Hall–Kier alpha value is -3.52. The number of ether oxygens (including phenoxy) is 1. The fourth-order valence-corrected chi connectivity index (χ4v) is 4.00. The monoisotopic (exact) mass is 454 g/mol. The predicted octanol–water partition coefficient (Wildman–Crippen LogP) is 3.32. The normalized spacial score (nSPS) is 15.8. The van der Waals surface area contributed by atoms with Gasteiger partial charge >= 0.3 is 6.03 Å². The van der Waals surface area contributed by atoms with Crippen molar-refractivity contribution in [2.24, 2.45) is 0 Å². The number of nitrogens with one attached hydrogen (secondary N) is 2. The molecule has 3 aromatic rings. The van der Waals surface area contributed by atoms with Crippen LogP contribution in [0, 0.1) is 0 Å². The summed E-state index contributed by atoms with van der Waals surface area (Å²) in [4.78, 5) is 38.3. The molecule has 0 aliphatic carbocycles. The zero-order valence-corrected chi connectivity index (χ0v) is 18.3. The van der Waals surface area contributed by atoms with Gasteiger partial charge in [-0.25, -0.2) is 9.69 Å². The Morgan fingerprint density at radius 1 is 1.16 bits per heavy atom. The molecule has 1 atom stereocenters. The second-order valence-corrected chi connectivity index (χ2v) is 7.85. The van der Waals surface area contributed by atoms with Crippen LogP contribution in [-0.2, 0) is 16.1 Å². The van der Waals surface area contributed by atoms with Gasteiger partial charge in [0.1, 0.15) is 11.8 Å². The number of hydrogen-bond acceptors (Lipinski definition) is 4. The van der Waals surface area contributed by atoms with E-state index >= 15 is 0 Å². The van der Waals surface area contributed by atoms with E-state index in [0.717, 1.165) is 15.8 Å². The number of fused-ring (bicyclic) bond motifs is 1. The predicted molar refractivity (Wildman–Crippen MR) is 122 cm³/mol. The quantitative estimate of drug-likeness (QED) is 0.511. The van der Waals surface area contributed by atoms with Crippen LogP contribution in [0.2, 0.25) is 5.02 Å². The number of carbonyl (C=O) groups excluding carboxylic acids is 3. The van der Waals surface area contributed by atoms with E-state index in [4.69, 9.17) is 16.3 Å². The van der Waals surface area contributed by atoms with E-state index in [2.05, 4.69) is 10.6 Å². The minimum atomic E-state index is -0.731. The first-order chi connectivity index (χ1) is 15.5. The minimum absolute atomic E-state index is 0.130. The van der Waals surface area contributed by atoms with Crippen LogP contribution in [0.3, 0.4) is 0 Å². The number of imide groups is 1. The highest BCUT2D eigenvalue weighted by Crippen LogP contribution is 2.25. The molecule has 0 bridgehead atoms. The maximum atomic E-state index is 12.7. The van der Waals surface area contributed by atoms with Crippen LogP contribution in [0.25, 0.3) is 10.9 Å². The lowest BCUT2D eigenvalue weighted by Crippen LogP contribution is -2.33. The van der Waals surface area contributed by atoms with Gasteiger partial charge in [0.05, 0.1) is 12.8 Å². The summed E-state index contributed by atoms with van der Waals surface area (Å²) in [6.45, 7) is 1.04. The summed E-state index contributed by atoms with van der Waals surface area (Å²) >= 11 is 6.19. The fraction of sp³-hybridized carbons (Fsp3) is 0.261. The molecule has 1 saturated heterocycles. The zero-order valence-electron chi connectivity index (χ0n) is 17.5. The van der Waals surface area contributed by atoms with Crippen LogP contribution >= 0.6 is 11.6 Å². The third-order valence-corrected chi connectivity index (χ3v) is 5.77. The van der Waals surface area contributed by atoms with Crippen molar-refractivity contribution in [2.45, 2.75) is 25.4 Å². The molecule has 32 heavy (non-hydrogen) atoms. The van der Waals surface area contributed by atoms with Gasteiger partial charge in [0, 0.05) is 41.6 Å². The molecule has 166 valence electrons. The standard InChI is InChI=1S/C23H23ClN4O4/c1-32-16-7-5-15(6-8-16)28-22(30)19(26-23(28)31)9-10-21(29)25-12-14-27-13-11-17-18(24)3-2-4-20(17)27/h2-8,11,13,19H,9-10,12,14H2,1H3,(H,25,29)(H,26,31). The SMILES string of the molecule is COc1ccc(N2C(=O)NC(CCC(=O)NCCn3ccc4c(Cl)cccc43)C2=O)cc1. The van der Waals surface area contributed by atoms with Gasteiger partial charge in [-0.3, -0.25) is 9.59 Å². The summed E-state index contributed by atoms with van der Waals surface area (Å²) in [5.41, 5.74) is 1.46. The van der Waals surface area contributed by atoms with Crippen LogP contribution in [-0.4, -0.2) is 42.1 Å². The molecule has 0 saturated carbocycles. The van der Waals surface area contributed by atoms with Gasteiger partial charge in [-0.05, 0) is 48.9 Å². The number of amides is 4. The van der Waals surface area contributed by atoms with E-state index in [1.54, 1.807) is 31.4 Å². The van der Waals surface area contributed by atoms with E-state index in [1.165, 1.54) is 0 Å². The largest absolute Gasteiger partial charge is 0.497 e. The second-order valence-electron chi connectivity index (χ2n) is 7.44. The summed E-state index contributed by atoms with van der Waals surface area (Å²) in [7, 11) is 1.54. The number of aromatic nitrogens is 1. The Bertz CT molecular complexity index is 1160. The van der Waals surface area contributed by atoms with Gasteiger partial charge in [0.15, 0.2) is 0 Å². The molecule has 1 unspecified atom stereocenters. The molecule has 2 heterocycles. The molecule has 1 aliphatic rings. The molecule has 1 aliphatic heterocycles. The smallest absolute Gasteiger partial charge is 0.329 e. The molecule has 0 radical (unpaired) electrons. The zero-order chi connectivity index (χ0) is 22.7. The van der Waals surface area contributed by atoms with Crippen molar-refractivity contribution < 1.29 is 19.1 Å². The average Bonchev–Trinajstić information content (AvgIpc) is 3.33. The Labute approximate surface area is 190 Å². The lowest BCUT2D eigenvalue weighted by Gasteiger charge is -2.13. The molecule has 0 spiro atoms. The van der Waals surface area contributed by atoms with Crippen molar-refractivity contribution in [2.75, 3.05) is 18.6 Å². The number of nitrogens with zero attached hydrogens (tertiary/aromatic N) is 2. The number of halogens is 1. The summed E-state index contributed by atoms with van der Waals surface area (Å²) in [6.07, 6.45) is 2.29. The summed E-state index contributed by atoms with van der Waals surface area (Å²) in [5, 5.41) is 7.17. The number of anilines is 1. The van der Waals surface area contributed by atoms with Gasteiger partial charge in [-0.2, -0.15) is 0 Å². The van der Waals surface area contributed by atoms with E-state index in [1.807, 2.05) is 35.0 Å². The first-order valence-electron chi connectivity index (χ1n) is 10.3. The molecule has 2 aromatic carbocycles.